The maximum absolute atomic E-state index is 11.2. The molecule has 0 spiro atoms. The molecule has 0 fully saturated rings. The van der Waals surface area contributed by atoms with E-state index in [-0.39, 0.29) is 11.3 Å². The molecule has 5 N–H and O–H groups in total. The van der Waals surface area contributed by atoms with Gasteiger partial charge in [0.1, 0.15) is 11.6 Å². The third-order valence-electron chi connectivity index (χ3n) is 2.83. The van der Waals surface area contributed by atoms with Crippen molar-refractivity contribution in [2.24, 2.45) is 5.73 Å². The van der Waals surface area contributed by atoms with Gasteiger partial charge in [-0.3, -0.25) is 4.79 Å². The molecule has 1 aromatic heterocycles. The van der Waals surface area contributed by atoms with Crippen molar-refractivity contribution in [3.05, 3.63) is 47.7 Å². The number of amides is 1. The zero-order valence-corrected chi connectivity index (χ0v) is 11.1. The highest BCUT2D eigenvalue weighted by Gasteiger charge is 2.07. The maximum atomic E-state index is 11.2. The number of aromatic nitrogens is 1. The topological polar surface area (TPSA) is 103 Å². The molecule has 0 radical (unpaired) electrons. The summed E-state index contributed by atoms with van der Waals surface area (Å²) in [6.07, 6.45) is 1.41. The maximum Gasteiger partial charge on any atom is 0.250 e. The Morgan fingerprint density at radius 3 is 2.65 bits per heavy atom. The van der Waals surface area contributed by atoms with Crippen LogP contribution in [0.4, 0.5) is 11.5 Å². The van der Waals surface area contributed by atoms with Crippen molar-refractivity contribution in [2.45, 2.75) is 6.54 Å². The standard InChI is InChI=1S/C14H16N4O2/c1-20-10-4-2-9(3-5-10)7-17-13-6-11(14(16)19)12(15)8-18-13/h2-6,8H,7,15H2,1H3,(H2,16,19)(H,17,18). The molecule has 1 amide bonds. The Hall–Kier alpha value is -2.76. The largest absolute Gasteiger partial charge is 0.497 e. The normalized spacial score (nSPS) is 10.1. The molecule has 0 aliphatic heterocycles. The van der Waals surface area contributed by atoms with Crippen LogP contribution in [0.5, 0.6) is 5.75 Å². The molecule has 1 aromatic carbocycles. The summed E-state index contributed by atoms with van der Waals surface area (Å²) in [5, 5.41) is 3.11. The lowest BCUT2D eigenvalue weighted by Crippen LogP contribution is -2.14. The van der Waals surface area contributed by atoms with E-state index in [9.17, 15) is 4.79 Å². The quantitative estimate of drug-likeness (QED) is 0.763. The van der Waals surface area contributed by atoms with Crippen molar-refractivity contribution >= 4 is 17.4 Å². The number of methoxy groups -OCH3 is 1. The summed E-state index contributed by atoms with van der Waals surface area (Å²) < 4.78 is 5.09. The van der Waals surface area contributed by atoms with Gasteiger partial charge in [-0.15, -0.1) is 0 Å². The first kappa shape index (κ1) is 13.7. The summed E-state index contributed by atoms with van der Waals surface area (Å²) >= 11 is 0. The van der Waals surface area contributed by atoms with Crippen LogP contribution in [0.3, 0.4) is 0 Å². The molecular formula is C14H16N4O2. The molecule has 6 nitrogen and oxygen atoms in total. The molecule has 6 heteroatoms. The monoisotopic (exact) mass is 272 g/mol. The highest BCUT2D eigenvalue weighted by Crippen LogP contribution is 2.16. The summed E-state index contributed by atoms with van der Waals surface area (Å²) in [7, 11) is 1.62. The van der Waals surface area contributed by atoms with Gasteiger partial charge in [-0.1, -0.05) is 12.1 Å². The number of nitrogens with two attached hydrogens (primary N) is 2. The highest BCUT2D eigenvalue weighted by atomic mass is 16.5. The summed E-state index contributed by atoms with van der Waals surface area (Å²) in [6, 6.07) is 9.18. The molecule has 0 saturated heterocycles. The number of nitrogens with one attached hydrogen (secondary N) is 1. The first-order chi connectivity index (χ1) is 9.60. The van der Waals surface area contributed by atoms with E-state index in [0.29, 0.717) is 12.4 Å². The molecule has 0 atom stereocenters. The van der Waals surface area contributed by atoms with Crippen LogP contribution in [0.15, 0.2) is 36.5 Å². The molecule has 2 rings (SSSR count). The second-order valence-electron chi connectivity index (χ2n) is 4.22. The van der Waals surface area contributed by atoms with Gasteiger partial charge in [-0.2, -0.15) is 0 Å². The number of rotatable bonds is 5. The van der Waals surface area contributed by atoms with Gasteiger partial charge in [0.05, 0.1) is 24.6 Å². The van der Waals surface area contributed by atoms with Crippen LogP contribution in [0, 0.1) is 0 Å². The molecule has 20 heavy (non-hydrogen) atoms. The van der Waals surface area contributed by atoms with E-state index in [2.05, 4.69) is 10.3 Å². The van der Waals surface area contributed by atoms with Gasteiger partial charge >= 0.3 is 0 Å². The number of hydrogen-bond donors (Lipinski definition) is 3. The lowest BCUT2D eigenvalue weighted by Gasteiger charge is -2.08. The predicted octanol–water partition coefficient (Wildman–Crippen LogP) is 1.38. The van der Waals surface area contributed by atoms with Crippen LogP contribution in [0.2, 0.25) is 0 Å². The first-order valence-electron chi connectivity index (χ1n) is 6.02. The number of pyridine rings is 1. The number of ether oxygens (including phenoxy) is 1. The summed E-state index contributed by atoms with van der Waals surface area (Å²) in [6.45, 7) is 0.569. The smallest absolute Gasteiger partial charge is 0.250 e. The fourth-order valence-electron chi connectivity index (χ4n) is 1.71. The number of benzene rings is 1. The summed E-state index contributed by atoms with van der Waals surface area (Å²) in [4.78, 5) is 15.3. The first-order valence-corrected chi connectivity index (χ1v) is 6.02. The second-order valence-corrected chi connectivity index (χ2v) is 4.22. The number of anilines is 2. The van der Waals surface area contributed by atoms with Crippen LogP contribution < -0.4 is 21.5 Å². The van der Waals surface area contributed by atoms with E-state index in [4.69, 9.17) is 16.2 Å². The Morgan fingerprint density at radius 2 is 2.05 bits per heavy atom. The van der Waals surface area contributed by atoms with Crippen LogP contribution in [-0.2, 0) is 6.54 Å². The SMILES string of the molecule is COc1ccc(CNc2cc(C(N)=O)c(N)cn2)cc1. The van der Waals surface area contributed by atoms with Crippen molar-refractivity contribution in [3.63, 3.8) is 0 Å². The van der Waals surface area contributed by atoms with Crippen LogP contribution in [0.25, 0.3) is 0 Å². The number of carbonyl (C=O) groups excluding carboxylic acids is 1. The Labute approximate surface area is 116 Å². The third kappa shape index (κ3) is 3.17. The number of nitrogens with zero attached hydrogens (tertiary/aromatic N) is 1. The van der Waals surface area contributed by atoms with Crippen molar-refractivity contribution in [3.8, 4) is 5.75 Å². The Kier molecular flexibility index (Phi) is 4.05. The zero-order valence-electron chi connectivity index (χ0n) is 11.1. The van der Waals surface area contributed by atoms with E-state index < -0.39 is 5.91 Å². The van der Waals surface area contributed by atoms with Gasteiger partial charge in [0.2, 0.25) is 0 Å². The number of hydrogen-bond acceptors (Lipinski definition) is 5. The predicted molar refractivity (Wildman–Crippen MR) is 77.5 cm³/mol. The van der Waals surface area contributed by atoms with Gasteiger partial charge in [0.25, 0.3) is 5.91 Å². The molecule has 0 bridgehead atoms. The number of carbonyl (C=O) groups is 1. The number of primary amides is 1. The minimum absolute atomic E-state index is 0.261. The minimum atomic E-state index is -0.572. The van der Waals surface area contributed by atoms with Gasteiger partial charge in [0.15, 0.2) is 0 Å². The van der Waals surface area contributed by atoms with Crippen LogP contribution in [-0.4, -0.2) is 18.0 Å². The molecule has 1 heterocycles. The lowest BCUT2D eigenvalue weighted by molar-refractivity contribution is 0.100. The molecule has 104 valence electrons. The van der Waals surface area contributed by atoms with E-state index in [1.807, 2.05) is 24.3 Å². The Morgan fingerprint density at radius 1 is 1.35 bits per heavy atom. The van der Waals surface area contributed by atoms with Crippen LogP contribution >= 0.6 is 0 Å². The highest BCUT2D eigenvalue weighted by molar-refractivity contribution is 5.98. The summed E-state index contributed by atoms with van der Waals surface area (Å²) in [5.74, 6) is 0.775. The molecular weight excluding hydrogens is 256 g/mol. The van der Waals surface area contributed by atoms with Gasteiger partial charge < -0.3 is 21.5 Å². The Balaban J connectivity index is 2.06. The van der Waals surface area contributed by atoms with E-state index in [1.54, 1.807) is 13.2 Å². The third-order valence-corrected chi connectivity index (χ3v) is 2.83. The molecule has 0 aliphatic carbocycles. The minimum Gasteiger partial charge on any atom is -0.497 e. The molecule has 2 aromatic rings. The average molecular weight is 272 g/mol. The van der Waals surface area contributed by atoms with Crippen molar-refractivity contribution < 1.29 is 9.53 Å². The second kappa shape index (κ2) is 5.92. The lowest BCUT2D eigenvalue weighted by atomic mass is 10.2. The molecule has 0 unspecified atom stereocenters. The van der Waals surface area contributed by atoms with Crippen molar-refractivity contribution in [2.75, 3.05) is 18.2 Å². The Bertz CT molecular complexity index is 611. The van der Waals surface area contributed by atoms with Gasteiger partial charge in [0, 0.05) is 6.54 Å². The fraction of sp³-hybridized carbons (Fsp3) is 0.143. The van der Waals surface area contributed by atoms with Crippen molar-refractivity contribution in [1.82, 2.24) is 4.98 Å². The fourth-order valence-corrected chi connectivity index (χ4v) is 1.71. The molecule has 0 saturated carbocycles. The van der Waals surface area contributed by atoms with Crippen LogP contribution in [0.1, 0.15) is 15.9 Å². The van der Waals surface area contributed by atoms with E-state index in [0.717, 1.165) is 11.3 Å². The average Bonchev–Trinajstić information content (AvgIpc) is 2.46. The van der Waals surface area contributed by atoms with Gasteiger partial charge in [-0.05, 0) is 23.8 Å². The zero-order chi connectivity index (χ0) is 14.5. The van der Waals surface area contributed by atoms with E-state index in [1.165, 1.54) is 6.20 Å². The van der Waals surface area contributed by atoms with Gasteiger partial charge in [-0.25, -0.2) is 4.98 Å². The van der Waals surface area contributed by atoms with E-state index >= 15 is 0 Å². The van der Waals surface area contributed by atoms with Crippen molar-refractivity contribution in [1.29, 1.82) is 0 Å². The molecule has 0 aliphatic rings. The number of nitrogen functional groups attached to an aromatic ring is 1. The summed E-state index contributed by atoms with van der Waals surface area (Å²) in [5.41, 5.74) is 12.5.